The average Bonchev–Trinajstić information content (AvgIpc) is 2.41. The molecule has 0 radical (unpaired) electrons. The zero-order valence-electron chi connectivity index (χ0n) is 10.6. The predicted molar refractivity (Wildman–Crippen MR) is 77.3 cm³/mol. The lowest BCUT2D eigenvalue weighted by Gasteiger charge is -2.09. The van der Waals surface area contributed by atoms with Gasteiger partial charge < -0.3 is 5.43 Å². The second-order valence-electron chi connectivity index (χ2n) is 4.14. The molecule has 2 aromatic rings. The molecule has 0 saturated carbocycles. The van der Waals surface area contributed by atoms with Crippen LogP contribution in [0.25, 0.3) is 0 Å². The van der Waals surface area contributed by atoms with Gasteiger partial charge in [-0.1, -0.05) is 25.4 Å². The van der Waals surface area contributed by atoms with Crippen LogP contribution in [0.3, 0.4) is 0 Å². The Labute approximate surface area is 121 Å². The molecular formula is C12H14ClN5S. The molecule has 0 bridgehead atoms. The van der Waals surface area contributed by atoms with E-state index in [0.717, 1.165) is 10.9 Å². The number of nitrogens with two attached hydrogens (primary N) is 1. The van der Waals surface area contributed by atoms with Crippen LogP contribution in [0.2, 0.25) is 5.02 Å². The average molecular weight is 296 g/mol. The van der Waals surface area contributed by atoms with E-state index in [9.17, 15) is 0 Å². The first-order chi connectivity index (χ1) is 9.10. The van der Waals surface area contributed by atoms with Crippen molar-refractivity contribution in [3.63, 3.8) is 0 Å². The van der Waals surface area contributed by atoms with Gasteiger partial charge in [-0.3, -0.25) is 0 Å². The van der Waals surface area contributed by atoms with Crippen LogP contribution < -0.4 is 11.3 Å². The number of nitrogens with zero attached hydrogens (tertiary/aromatic N) is 3. The Morgan fingerprint density at radius 3 is 2.79 bits per heavy atom. The number of nitrogens with one attached hydrogen (secondary N) is 1. The number of pyridine rings is 1. The Bertz CT molecular complexity index is 576. The molecule has 0 atom stereocenters. The first-order valence-corrected chi connectivity index (χ1v) is 6.93. The topological polar surface area (TPSA) is 76.7 Å². The quantitative estimate of drug-likeness (QED) is 0.513. The summed E-state index contributed by atoms with van der Waals surface area (Å²) in [5, 5.41) is 2.06. The van der Waals surface area contributed by atoms with Gasteiger partial charge in [0.2, 0.25) is 0 Å². The lowest BCUT2D eigenvalue weighted by molar-refractivity contribution is 0.754. The normalized spacial score (nSPS) is 10.8. The van der Waals surface area contributed by atoms with Gasteiger partial charge in [0.15, 0.2) is 0 Å². The van der Waals surface area contributed by atoms with Crippen molar-refractivity contribution in [2.24, 2.45) is 5.84 Å². The highest BCUT2D eigenvalue weighted by Gasteiger charge is 2.10. The van der Waals surface area contributed by atoms with Crippen LogP contribution in [-0.4, -0.2) is 15.0 Å². The van der Waals surface area contributed by atoms with Gasteiger partial charge in [-0.15, -0.1) is 0 Å². The number of aromatic nitrogens is 3. The molecule has 3 N–H and O–H groups in total. The van der Waals surface area contributed by atoms with Crippen molar-refractivity contribution in [3.8, 4) is 0 Å². The van der Waals surface area contributed by atoms with Gasteiger partial charge in [-0.25, -0.2) is 20.8 Å². The molecule has 0 aliphatic rings. The molecule has 2 heterocycles. The van der Waals surface area contributed by atoms with E-state index < -0.39 is 0 Å². The van der Waals surface area contributed by atoms with E-state index in [-0.39, 0.29) is 5.92 Å². The lowest BCUT2D eigenvalue weighted by atomic mass is 10.2. The first-order valence-electron chi connectivity index (χ1n) is 5.74. The third kappa shape index (κ3) is 3.56. The molecule has 0 spiro atoms. The van der Waals surface area contributed by atoms with E-state index in [1.165, 1.54) is 11.8 Å². The van der Waals surface area contributed by atoms with Crippen molar-refractivity contribution in [2.45, 2.75) is 29.8 Å². The Morgan fingerprint density at radius 1 is 1.37 bits per heavy atom. The first kappa shape index (κ1) is 14.0. The number of hydrazine groups is 1. The molecule has 5 nitrogen and oxygen atoms in total. The monoisotopic (exact) mass is 295 g/mol. The van der Waals surface area contributed by atoms with Crippen molar-refractivity contribution >= 4 is 29.2 Å². The number of nitrogen functional groups attached to an aromatic ring is 1. The summed E-state index contributed by atoms with van der Waals surface area (Å²) >= 11 is 7.47. The molecule has 2 aromatic heterocycles. The third-order valence-electron chi connectivity index (χ3n) is 2.31. The molecule has 0 aromatic carbocycles. The molecule has 0 saturated heterocycles. The van der Waals surface area contributed by atoms with Gasteiger partial charge in [0.05, 0.1) is 5.02 Å². The van der Waals surface area contributed by atoms with Crippen molar-refractivity contribution in [1.29, 1.82) is 0 Å². The van der Waals surface area contributed by atoms with E-state index >= 15 is 0 Å². The summed E-state index contributed by atoms with van der Waals surface area (Å²) in [4.78, 5) is 13.0. The van der Waals surface area contributed by atoms with Crippen LogP contribution in [-0.2, 0) is 0 Å². The van der Waals surface area contributed by atoms with Gasteiger partial charge in [-0.2, -0.15) is 0 Å². The molecule has 7 heteroatoms. The highest BCUT2D eigenvalue weighted by Crippen LogP contribution is 2.31. The molecule has 0 amide bonds. The number of hydrogen-bond acceptors (Lipinski definition) is 6. The second-order valence-corrected chi connectivity index (χ2v) is 5.56. The van der Waals surface area contributed by atoms with Gasteiger partial charge in [0.1, 0.15) is 21.7 Å². The fourth-order valence-corrected chi connectivity index (χ4v) is 2.40. The number of halogens is 1. The molecule has 0 aliphatic heterocycles. The van der Waals surface area contributed by atoms with E-state index in [1.54, 1.807) is 24.4 Å². The maximum Gasteiger partial charge on any atom is 0.144 e. The minimum atomic E-state index is 0.215. The summed E-state index contributed by atoms with van der Waals surface area (Å²) in [6.45, 7) is 4.05. The lowest BCUT2D eigenvalue weighted by Crippen LogP contribution is -2.11. The van der Waals surface area contributed by atoms with E-state index in [0.29, 0.717) is 15.9 Å². The summed E-state index contributed by atoms with van der Waals surface area (Å²) in [6.07, 6.45) is 1.70. The highest BCUT2D eigenvalue weighted by molar-refractivity contribution is 7.99. The SMILES string of the molecule is CC(C)c1nc(NN)cc(Sc2ncccc2Cl)n1. The predicted octanol–water partition coefficient (Wildman–Crippen LogP) is 3.09. The number of anilines is 1. The second kappa shape index (κ2) is 6.18. The van der Waals surface area contributed by atoms with Crippen molar-refractivity contribution in [2.75, 3.05) is 5.43 Å². The van der Waals surface area contributed by atoms with Gasteiger partial charge in [0, 0.05) is 18.2 Å². The standard InChI is InChI=1S/C12H14ClN5S/c1-7(2)11-16-9(18-14)6-10(17-11)19-12-8(13)4-3-5-15-12/h3-7H,14H2,1-2H3,(H,16,17,18). The van der Waals surface area contributed by atoms with Crippen molar-refractivity contribution in [1.82, 2.24) is 15.0 Å². The van der Waals surface area contributed by atoms with Crippen molar-refractivity contribution in [3.05, 3.63) is 35.2 Å². The summed E-state index contributed by atoms with van der Waals surface area (Å²) < 4.78 is 0. The molecule has 19 heavy (non-hydrogen) atoms. The summed E-state index contributed by atoms with van der Waals surface area (Å²) in [6, 6.07) is 5.35. The van der Waals surface area contributed by atoms with Crippen LogP contribution in [0.1, 0.15) is 25.6 Å². The largest absolute Gasteiger partial charge is 0.308 e. The third-order valence-corrected chi connectivity index (χ3v) is 3.66. The molecule has 0 unspecified atom stereocenters. The van der Waals surface area contributed by atoms with Crippen molar-refractivity contribution < 1.29 is 0 Å². The number of hydrogen-bond donors (Lipinski definition) is 2. The number of rotatable bonds is 4. The summed E-state index contributed by atoms with van der Waals surface area (Å²) in [5.74, 6) is 6.94. The minimum absolute atomic E-state index is 0.215. The molecule has 0 fully saturated rings. The Kier molecular flexibility index (Phi) is 4.57. The molecule has 2 rings (SSSR count). The van der Waals surface area contributed by atoms with Gasteiger partial charge in [0.25, 0.3) is 0 Å². The zero-order chi connectivity index (χ0) is 13.8. The minimum Gasteiger partial charge on any atom is -0.308 e. The van der Waals surface area contributed by atoms with Crippen LogP contribution in [0.5, 0.6) is 0 Å². The Hall–Kier alpha value is -1.37. The molecular weight excluding hydrogens is 282 g/mol. The van der Waals surface area contributed by atoms with E-state index in [1.807, 2.05) is 13.8 Å². The van der Waals surface area contributed by atoms with Crippen LogP contribution in [0, 0.1) is 0 Å². The Morgan fingerprint density at radius 2 is 2.16 bits per heavy atom. The maximum absolute atomic E-state index is 6.08. The summed E-state index contributed by atoms with van der Waals surface area (Å²) in [5.41, 5.74) is 2.55. The van der Waals surface area contributed by atoms with E-state index in [4.69, 9.17) is 17.4 Å². The summed E-state index contributed by atoms with van der Waals surface area (Å²) in [7, 11) is 0. The highest BCUT2D eigenvalue weighted by atomic mass is 35.5. The Balaban J connectivity index is 2.34. The van der Waals surface area contributed by atoms with Gasteiger partial charge in [-0.05, 0) is 23.9 Å². The fourth-order valence-electron chi connectivity index (χ4n) is 1.37. The van der Waals surface area contributed by atoms with Gasteiger partial charge >= 0.3 is 0 Å². The van der Waals surface area contributed by atoms with E-state index in [2.05, 4.69) is 20.4 Å². The smallest absolute Gasteiger partial charge is 0.144 e. The van der Waals surface area contributed by atoms with Crippen LogP contribution in [0.15, 0.2) is 34.4 Å². The maximum atomic E-state index is 6.08. The van der Waals surface area contributed by atoms with Crippen LogP contribution in [0.4, 0.5) is 5.82 Å². The molecule has 100 valence electrons. The zero-order valence-corrected chi connectivity index (χ0v) is 12.2. The fraction of sp³-hybridized carbons (Fsp3) is 0.250. The van der Waals surface area contributed by atoms with Crippen LogP contribution >= 0.6 is 23.4 Å². The molecule has 0 aliphatic carbocycles.